The molecule has 11 heteroatoms. The van der Waals surface area contributed by atoms with Crippen LogP contribution in [-0.4, -0.2) is 37.5 Å². The van der Waals surface area contributed by atoms with Crippen molar-refractivity contribution in [2.45, 2.75) is 40.7 Å². The van der Waals surface area contributed by atoms with Gasteiger partial charge in [0.25, 0.3) is 0 Å². The van der Waals surface area contributed by atoms with Crippen molar-refractivity contribution >= 4 is 58.3 Å². The van der Waals surface area contributed by atoms with Gasteiger partial charge in [-0.05, 0) is 69.2 Å². The Morgan fingerprint density at radius 2 is 1.64 bits per heavy atom. The zero-order valence-electron chi connectivity index (χ0n) is 23.5. The number of rotatable bonds is 13. The van der Waals surface area contributed by atoms with Gasteiger partial charge in [0.1, 0.15) is 17.6 Å². The van der Waals surface area contributed by atoms with Crippen molar-refractivity contribution in [3.63, 3.8) is 0 Å². The molecule has 0 aliphatic rings. The van der Waals surface area contributed by atoms with E-state index in [1.165, 1.54) is 6.08 Å². The van der Waals surface area contributed by atoms with E-state index in [4.69, 9.17) is 42.1 Å². The van der Waals surface area contributed by atoms with Crippen LogP contribution in [-0.2, 0) is 27.3 Å². The monoisotopic (exact) mass is 629 g/mol. The predicted octanol–water partition coefficient (Wildman–Crippen LogP) is 7.41. The molecular formula is C31H29Cl2NO7S. The lowest BCUT2D eigenvalue weighted by molar-refractivity contribution is -0.114. The highest BCUT2D eigenvalue weighted by molar-refractivity contribution is 7.14. The van der Waals surface area contributed by atoms with Crippen LogP contribution in [0.2, 0.25) is 10.0 Å². The van der Waals surface area contributed by atoms with Gasteiger partial charge in [0.05, 0.1) is 31.0 Å². The van der Waals surface area contributed by atoms with Gasteiger partial charge in [-0.3, -0.25) is 4.79 Å². The van der Waals surface area contributed by atoms with Gasteiger partial charge in [0, 0.05) is 26.9 Å². The molecule has 0 unspecified atom stereocenters. The maximum absolute atomic E-state index is 13.3. The van der Waals surface area contributed by atoms with E-state index in [2.05, 4.69) is 0 Å². The van der Waals surface area contributed by atoms with Crippen LogP contribution in [0.15, 0.2) is 42.0 Å². The number of thiophene rings is 1. The first-order valence-electron chi connectivity index (χ1n) is 13.1. The number of carbonyl (C=O) groups is 3. The molecule has 0 atom stereocenters. The van der Waals surface area contributed by atoms with E-state index in [-0.39, 0.29) is 42.3 Å². The van der Waals surface area contributed by atoms with Crippen molar-refractivity contribution < 1.29 is 33.3 Å². The summed E-state index contributed by atoms with van der Waals surface area (Å²) in [7, 11) is 0. The number of ketones is 1. The van der Waals surface area contributed by atoms with E-state index in [9.17, 15) is 19.6 Å². The van der Waals surface area contributed by atoms with Gasteiger partial charge >= 0.3 is 11.9 Å². The van der Waals surface area contributed by atoms with Crippen molar-refractivity contribution in [1.82, 2.24) is 0 Å². The van der Waals surface area contributed by atoms with Crippen LogP contribution in [0.5, 0.6) is 11.5 Å². The highest BCUT2D eigenvalue weighted by Crippen LogP contribution is 2.33. The summed E-state index contributed by atoms with van der Waals surface area (Å²) >= 11 is 13.2. The van der Waals surface area contributed by atoms with Crippen molar-refractivity contribution in [1.29, 1.82) is 5.26 Å². The second-order valence-electron chi connectivity index (χ2n) is 8.73. The van der Waals surface area contributed by atoms with E-state index in [1.807, 2.05) is 13.0 Å². The lowest BCUT2D eigenvalue weighted by atomic mass is 10.0. The minimum Gasteiger partial charge on any atom is -0.490 e. The fraction of sp³-hybridized carbons (Fsp3) is 0.290. The van der Waals surface area contributed by atoms with Crippen LogP contribution in [0.1, 0.15) is 62.4 Å². The number of hydrogen-bond acceptors (Lipinski definition) is 9. The molecule has 0 spiro atoms. The first kappa shape index (κ1) is 32.7. The molecule has 3 rings (SSSR count). The van der Waals surface area contributed by atoms with Gasteiger partial charge in [0.2, 0.25) is 0 Å². The molecule has 8 nitrogen and oxygen atoms in total. The molecule has 0 fully saturated rings. The number of ether oxygens (including phenoxy) is 4. The molecule has 3 aromatic rings. The molecule has 2 aromatic carbocycles. The zero-order chi connectivity index (χ0) is 30.8. The Morgan fingerprint density at radius 1 is 0.929 bits per heavy atom. The summed E-state index contributed by atoms with van der Waals surface area (Å²) in [5.74, 6) is -0.910. The Kier molecular flexibility index (Phi) is 12.0. The van der Waals surface area contributed by atoms with Gasteiger partial charge in [-0.1, -0.05) is 35.3 Å². The van der Waals surface area contributed by atoms with E-state index in [0.29, 0.717) is 44.2 Å². The van der Waals surface area contributed by atoms with Crippen LogP contribution < -0.4 is 9.47 Å². The van der Waals surface area contributed by atoms with Gasteiger partial charge in [0.15, 0.2) is 17.3 Å². The van der Waals surface area contributed by atoms with Crippen molar-refractivity contribution in [2.75, 3.05) is 19.8 Å². The van der Waals surface area contributed by atoms with E-state index in [0.717, 1.165) is 16.9 Å². The molecule has 42 heavy (non-hydrogen) atoms. The molecule has 0 saturated heterocycles. The summed E-state index contributed by atoms with van der Waals surface area (Å²) in [4.78, 5) is 38.9. The van der Waals surface area contributed by atoms with Gasteiger partial charge in [-0.25, -0.2) is 9.59 Å². The van der Waals surface area contributed by atoms with Crippen LogP contribution in [0.4, 0.5) is 0 Å². The third-order valence-electron chi connectivity index (χ3n) is 5.88. The Bertz CT molecular complexity index is 1560. The number of Topliss-reactive ketones (excluding diaryl/α,β-unsaturated/α-hetero) is 1. The average molecular weight is 631 g/mol. The van der Waals surface area contributed by atoms with E-state index < -0.39 is 17.7 Å². The van der Waals surface area contributed by atoms with Gasteiger partial charge in [-0.15, -0.1) is 11.3 Å². The Labute approximate surface area is 258 Å². The maximum atomic E-state index is 13.3. The summed E-state index contributed by atoms with van der Waals surface area (Å²) in [6, 6.07) is 12.1. The third-order valence-corrected chi connectivity index (χ3v) is 7.74. The summed E-state index contributed by atoms with van der Waals surface area (Å²) in [6.07, 6.45) is 1.15. The largest absolute Gasteiger partial charge is 0.490 e. The maximum Gasteiger partial charge on any atom is 0.348 e. The summed E-state index contributed by atoms with van der Waals surface area (Å²) in [5, 5.41) is 10.8. The second-order valence-corrected chi connectivity index (χ2v) is 10.7. The number of hydrogen-bond donors (Lipinski definition) is 0. The Morgan fingerprint density at radius 3 is 2.29 bits per heavy atom. The van der Waals surface area contributed by atoms with Gasteiger partial charge < -0.3 is 18.9 Å². The molecule has 0 aliphatic heterocycles. The zero-order valence-corrected chi connectivity index (χ0v) is 25.9. The van der Waals surface area contributed by atoms with E-state index >= 15 is 0 Å². The molecule has 1 heterocycles. The topological polar surface area (TPSA) is 112 Å². The molecule has 0 amide bonds. The van der Waals surface area contributed by atoms with Crippen molar-refractivity contribution in [3.8, 4) is 17.6 Å². The fourth-order valence-electron chi connectivity index (χ4n) is 3.94. The fourth-order valence-corrected chi connectivity index (χ4v) is 5.59. The third kappa shape index (κ3) is 8.13. The highest BCUT2D eigenvalue weighted by Gasteiger charge is 2.28. The first-order valence-corrected chi connectivity index (χ1v) is 14.7. The van der Waals surface area contributed by atoms with Crippen LogP contribution >= 0.6 is 34.5 Å². The van der Waals surface area contributed by atoms with Crippen LogP contribution in [0.25, 0.3) is 6.08 Å². The molecule has 0 saturated carbocycles. The Hall–Kier alpha value is -3.84. The molecule has 0 radical (unpaired) electrons. The number of esters is 2. The number of nitrogens with zero attached hydrogens (tertiary/aromatic N) is 1. The minimum absolute atomic E-state index is 0.119. The highest BCUT2D eigenvalue weighted by atomic mass is 35.5. The quantitative estimate of drug-likeness (QED) is 0.109. The molecule has 0 aliphatic carbocycles. The number of benzene rings is 2. The lowest BCUT2D eigenvalue weighted by Gasteiger charge is -2.13. The first-order chi connectivity index (χ1) is 20.1. The summed E-state index contributed by atoms with van der Waals surface area (Å²) < 4.78 is 21.9. The SMILES string of the molecule is CCOC(=O)c1sc(CC(=O)C(C#N)=Cc2ccc(OCc3ccc(Cl)cc3Cl)c(OCC)c2)c(C(=O)OCC)c1C. The summed E-state index contributed by atoms with van der Waals surface area (Å²) in [5.41, 5.74) is 1.63. The smallest absolute Gasteiger partial charge is 0.348 e. The van der Waals surface area contributed by atoms with Gasteiger partial charge in [-0.2, -0.15) is 5.26 Å². The molecule has 1 aromatic heterocycles. The molecule has 0 N–H and O–H groups in total. The van der Waals surface area contributed by atoms with Crippen LogP contribution in [0, 0.1) is 18.3 Å². The van der Waals surface area contributed by atoms with E-state index in [1.54, 1.807) is 57.2 Å². The molecule has 0 bridgehead atoms. The number of nitriles is 1. The normalized spacial score (nSPS) is 11.0. The number of allylic oxidation sites excluding steroid dienone is 1. The molecular weight excluding hydrogens is 601 g/mol. The average Bonchev–Trinajstić information content (AvgIpc) is 3.27. The summed E-state index contributed by atoms with van der Waals surface area (Å²) in [6.45, 7) is 7.55. The predicted molar refractivity (Wildman–Crippen MR) is 162 cm³/mol. The second kappa shape index (κ2) is 15.4. The standard InChI is InChI=1S/C31H29Cl2NO7S/c1-5-38-26-13-19(8-11-25(26)41-17-20-9-10-22(32)14-23(20)33)12-21(16-34)24(35)15-27-28(30(36)39-6-2)18(4)29(42-27)31(37)40-7-3/h8-14H,5-7,15,17H2,1-4H3. The number of halogens is 2. The van der Waals surface area contributed by atoms with Crippen LogP contribution in [0.3, 0.4) is 0 Å². The number of carbonyl (C=O) groups excluding carboxylic acids is 3. The lowest BCUT2D eigenvalue weighted by Crippen LogP contribution is -2.12. The van der Waals surface area contributed by atoms with Crippen molar-refractivity contribution in [2.24, 2.45) is 0 Å². The minimum atomic E-state index is -0.649. The Balaban J connectivity index is 1.88. The molecule has 220 valence electrons. The van der Waals surface area contributed by atoms with Crippen molar-refractivity contribution in [3.05, 3.63) is 84.0 Å².